The SMILES string of the molecule is O=S(=O)(O)c1ccc(CCC#CCOC2CCCCO2)cc1. The van der Waals surface area contributed by atoms with Crippen molar-refractivity contribution in [1.82, 2.24) is 0 Å². The van der Waals surface area contributed by atoms with E-state index in [2.05, 4.69) is 11.8 Å². The van der Waals surface area contributed by atoms with E-state index in [0.29, 0.717) is 13.0 Å². The van der Waals surface area contributed by atoms with Crippen molar-refractivity contribution in [2.45, 2.75) is 43.3 Å². The van der Waals surface area contributed by atoms with Gasteiger partial charge in [-0.2, -0.15) is 8.42 Å². The van der Waals surface area contributed by atoms with E-state index in [-0.39, 0.29) is 11.2 Å². The fraction of sp³-hybridized carbons (Fsp3) is 0.500. The highest BCUT2D eigenvalue weighted by Crippen LogP contribution is 2.13. The van der Waals surface area contributed by atoms with Gasteiger partial charge in [0.25, 0.3) is 10.1 Å². The second-order valence-electron chi connectivity index (χ2n) is 5.08. The number of hydrogen-bond acceptors (Lipinski definition) is 4. The zero-order valence-electron chi connectivity index (χ0n) is 12.3. The molecule has 0 aromatic heterocycles. The van der Waals surface area contributed by atoms with Gasteiger partial charge >= 0.3 is 0 Å². The Bertz CT molecular complexity index is 619. The molecule has 1 aliphatic heterocycles. The lowest BCUT2D eigenvalue weighted by Crippen LogP contribution is -2.22. The van der Waals surface area contributed by atoms with E-state index in [9.17, 15) is 8.42 Å². The fourth-order valence-corrected chi connectivity index (χ4v) is 2.63. The number of aryl methyl sites for hydroxylation is 1. The monoisotopic (exact) mass is 324 g/mol. The molecule has 0 radical (unpaired) electrons. The molecule has 0 bridgehead atoms. The van der Waals surface area contributed by atoms with Crippen LogP contribution in [-0.2, 0) is 26.0 Å². The van der Waals surface area contributed by atoms with Gasteiger partial charge in [0.05, 0.1) is 4.90 Å². The van der Waals surface area contributed by atoms with Gasteiger partial charge < -0.3 is 9.47 Å². The molecule has 1 aliphatic rings. The lowest BCUT2D eigenvalue weighted by atomic mass is 10.1. The van der Waals surface area contributed by atoms with E-state index in [1.165, 1.54) is 12.1 Å². The average molecular weight is 324 g/mol. The van der Waals surface area contributed by atoms with Crippen LogP contribution in [0, 0.1) is 11.8 Å². The summed E-state index contributed by atoms with van der Waals surface area (Å²) >= 11 is 0. The van der Waals surface area contributed by atoms with Crippen LogP contribution in [0.25, 0.3) is 0 Å². The van der Waals surface area contributed by atoms with Crippen molar-refractivity contribution < 1.29 is 22.4 Å². The maximum atomic E-state index is 10.9. The molecule has 22 heavy (non-hydrogen) atoms. The predicted octanol–water partition coefficient (Wildman–Crippen LogP) is 2.41. The molecular formula is C16H20O5S. The molecule has 2 rings (SSSR count). The lowest BCUT2D eigenvalue weighted by molar-refractivity contribution is -0.154. The zero-order valence-corrected chi connectivity index (χ0v) is 13.1. The molecule has 5 nitrogen and oxygen atoms in total. The molecule has 0 aliphatic carbocycles. The topological polar surface area (TPSA) is 72.8 Å². The van der Waals surface area contributed by atoms with Crippen LogP contribution in [0.4, 0.5) is 0 Å². The van der Waals surface area contributed by atoms with Gasteiger partial charge in [-0.05, 0) is 43.4 Å². The zero-order chi connectivity index (χ0) is 15.8. The fourth-order valence-electron chi connectivity index (χ4n) is 2.15. The lowest BCUT2D eigenvalue weighted by Gasteiger charge is -2.21. The Balaban J connectivity index is 1.69. The van der Waals surface area contributed by atoms with Crippen LogP contribution in [0.1, 0.15) is 31.2 Å². The summed E-state index contributed by atoms with van der Waals surface area (Å²) in [5, 5.41) is 0. The Hall–Kier alpha value is -1.39. The van der Waals surface area contributed by atoms with Gasteiger partial charge in [-0.1, -0.05) is 18.1 Å². The molecule has 1 saturated heterocycles. The summed E-state index contributed by atoms with van der Waals surface area (Å²) in [5.74, 6) is 5.97. The molecule has 1 N–H and O–H groups in total. The van der Waals surface area contributed by atoms with Gasteiger partial charge in [0.2, 0.25) is 0 Å². The maximum absolute atomic E-state index is 10.9. The summed E-state index contributed by atoms with van der Waals surface area (Å²) in [7, 11) is -4.12. The molecule has 1 aromatic carbocycles. The highest BCUT2D eigenvalue weighted by Gasteiger charge is 2.12. The van der Waals surface area contributed by atoms with Crippen molar-refractivity contribution >= 4 is 10.1 Å². The number of ether oxygens (including phenoxy) is 2. The summed E-state index contributed by atoms with van der Waals surface area (Å²) in [4.78, 5) is -0.0942. The van der Waals surface area contributed by atoms with Crippen molar-refractivity contribution in [2.75, 3.05) is 13.2 Å². The van der Waals surface area contributed by atoms with Gasteiger partial charge in [-0.15, -0.1) is 5.92 Å². The average Bonchev–Trinajstić information content (AvgIpc) is 2.51. The van der Waals surface area contributed by atoms with Crippen molar-refractivity contribution in [3.63, 3.8) is 0 Å². The van der Waals surface area contributed by atoms with Crippen LogP contribution in [0.5, 0.6) is 0 Å². The highest BCUT2D eigenvalue weighted by atomic mass is 32.2. The molecule has 0 amide bonds. The first kappa shape index (κ1) is 17.0. The van der Waals surface area contributed by atoms with E-state index < -0.39 is 10.1 Å². The number of hydrogen-bond donors (Lipinski definition) is 1. The van der Waals surface area contributed by atoms with Gasteiger partial charge in [0.1, 0.15) is 6.61 Å². The molecule has 1 heterocycles. The number of benzene rings is 1. The first-order chi connectivity index (χ1) is 10.6. The molecule has 1 atom stereocenters. The first-order valence-electron chi connectivity index (χ1n) is 7.31. The highest BCUT2D eigenvalue weighted by molar-refractivity contribution is 7.85. The van der Waals surface area contributed by atoms with Crippen LogP contribution in [0.2, 0.25) is 0 Å². The van der Waals surface area contributed by atoms with E-state index in [4.69, 9.17) is 14.0 Å². The molecule has 0 saturated carbocycles. The summed E-state index contributed by atoms with van der Waals surface area (Å²) in [6.45, 7) is 1.13. The minimum absolute atomic E-state index is 0.0942. The molecular weight excluding hydrogens is 304 g/mol. The van der Waals surface area contributed by atoms with Crippen molar-refractivity contribution in [3.8, 4) is 11.8 Å². The van der Waals surface area contributed by atoms with Gasteiger partial charge in [-0.25, -0.2) is 0 Å². The summed E-state index contributed by atoms with van der Waals surface area (Å²) < 4.78 is 41.6. The third kappa shape index (κ3) is 5.78. The van der Waals surface area contributed by atoms with Crippen LogP contribution in [0.15, 0.2) is 29.2 Å². The van der Waals surface area contributed by atoms with Gasteiger partial charge in [-0.3, -0.25) is 4.55 Å². The smallest absolute Gasteiger partial charge is 0.294 e. The van der Waals surface area contributed by atoms with Crippen LogP contribution >= 0.6 is 0 Å². The second kappa shape index (κ2) is 8.30. The Morgan fingerprint density at radius 2 is 2.00 bits per heavy atom. The third-order valence-corrected chi connectivity index (χ3v) is 4.23. The molecule has 1 unspecified atom stereocenters. The molecule has 1 fully saturated rings. The minimum Gasteiger partial charge on any atom is -0.353 e. The predicted molar refractivity (Wildman–Crippen MR) is 81.9 cm³/mol. The molecule has 6 heteroatoms. The summed E-state index contributed by atoms with van der Waals surface area (Å²) in [5.41, 5.74) is 0.971. The van der Waals surface area contributed by atoms with Gasteiger partial charge in [0.15, 0.2) is 6.29 Å². The maximum Gasteiger partial charge on any atom is 0.294 e. The molecule has 0 spiro atoms. The van der Waals surface area contributed by atoms with Crippen molar-refractivity contribution in [1.29, 1.82) is 0 Å². The van der Waals surface area contributed by atoms with Crippen molar-refractivity contribution in [3.05, 3.63) is 29.8 Å². The number of rotatable bonds is 5. The van der Waals surface area contributed by atoms with E-state index in [1.807, 2.05) is 0 Å². The Labute approximate surface area is 131 Å². The van der Waals surface area contributed by atoms with Crippen LogP contribution in [-0.4, -0.2) is 32.5 Å². The van der Waals surface area contributed by atoms with Crippen molar-refractivity contribution in [2.24, 2.45) is 0 Å². The van der Waals surface area contributed by atoms with Crippen LogP contribution < -0.4 is 0 Å². The Morgan fingerprint density at radius 3 is 2.64 bits per heavy atom. The summed E-state index contributed by atoms with van der Waals surface area (Å²) in [6.07, 6.45) is 4.44. The largest absolute Gasteiger partial charge is 0.353 e. The van der Waals surface area contributed by atoms with E-state index >= 15 is 0 Å². The quantitative estimate of drug-likeness (QED) is 0.665. The van der Waals surface area contributed by atoms with E-state index in [0.717, 1.165) is 37.9 Å². The molecule has 120 valence electrons. The second-order valence-corrected chi connectivity index (χ2v) is 6.50. The third-order valence-electron chi connectivity index (χ3n) is 3.36. The Kier molecular flexibility index (Phi) is 6.40. The standard InChI is InChI=1S/C16H20O5S/c17-22(18,19)15-10-8-14(9-11-15)6-2-1-4-12-20-16-7-3-5-13-21-16/h8-11,16H,2-3,5-7,12-13H2,(H,17,18,19). The normalized spacial score (nSPS) is 18.5. The Morgan fingerprint density at radius 1 is 1.23 bits per heavy atom. The van der Waals surface area contributed by atoms with Crippen LogP contribution in [0.3, 0.4) is 0 Å². The summed E-state index contributed by atoms with van der Waals surface area (Å²) in [6, 6.07) is 6.14. The van der Waals surface area contributed by atoms with E-state index in [1.54, 1.807) is 12.1 Å². The molecule has 1 aromatic rings. The minimum atomic E-state index is -4.12. The first-order valence-corrected chi connectivity index (χ1v) is 8.75. The van der Waals surface area contributed by atoms with Gasteiger partial charge in [0, 0.05) is 13.0 Å².